The number of rotatable bonds is 3. The number of carbonyl (C=O) groups excluding carboxylic acids is 2. The molecular formula is C18H19BrN2O3S. The van der Waals surface area contributed by atoms with E-state index in [1.807, 2.05) is 24.3 Å². The number of amides is 1. The van der Waals surface area contributed by atoms with Crippen molar-refractivity contribution >= 4 is 44.7 Å². The predicted octanol–water partition coefficient (Wildman–Crippen LogP) is 4.05. The second-order valence-corrected chi connectivity index (χ2v) is 8.15. The van der Waals surface area contributed by atoms with Crippen molar-refractivity contribution in [3.8, 4) is 0 Å². The molecule has 0 spiro atoms. The molecule has 0 bridgehead atoms. The van der Waals surface area contributed by atoms with Crippen LogP contribution in [0.1, 0.15) is 38.8 Å². The Balaban J connectivity index is 2.14. The quantitative estimate of drug-likeness (QED) is 0.689. The van der Waals surface area contributed by atoms with E-state index in [2.05, 4.69) is 20.9 Å². The van der Waals surface area contributed by atoms with Gasteiger partial charge in [-0.2, -0.15) is 0 Å². The summed E-state index contributed by atoms with van der Waals surface area (Å²) in [5.41, 5.74) is 1.88. The second kappa shape index (κ2) is 7.33. The van der Waals surface area contributed by atoms with Gasteiger partial charge in [0.2, 0.25) is 5.91 Å². The van der Waals surface area contributed by atoms with Gasteiger partial charge < -0.3 is 4.74 Å². The van der Waals surface area contributed by atoms with Gasteiger partial charge in [-0.25, -0.2) is 9.79 Å². The van der Waals surface area contributed by atoms with Crippen molar-refractivity contribution in [2.45, 2.75) is 39.3 Å². The van der Waals surface area contributed by atoms with Crippen molar-refractivity contribution in [1.82, 2.24) is 4.90 Å². The summed E-state index contributed by atoms with van der Waals surface area (Å²) in [5, 5.41) is 0.653. The average Bonchev–Trinajstić information content (AvgIpc) is 2.53. The Bertz CT molecular complexity index is 788. The first-order valence-electron chi connectivity index (χ1n) is 8.09. The highest BCUT2D eigenvalue weighted by molar-refractivity contribution is 9.10. The molecular weight excluding hydrogens is 404 g/mol. The van der Waals surface area contributed by atoms with Gasteiger partial charge >= 0.3 is 5.97 Å². The molecule has 132 valence electrons. The van der Waals surface area contributed by atoms with Gasteiger partial charge in [0.25, 0.3) is 0 Å². The number of hydrogen-bond donors (Lipinski definition) is 0. The molecule has 0 saturated carbocycles. The third kappa shape index (κ3) is 3.67. The van der Waals surface area contributed by atoms with E-state index in [1.54, 1.807) is 37.4 Å². The van der Waals surface area contributed by atoms with Crippen molar-refractivity contribution < 1.29 is 14.3 Å². The van der Waals surface area contributed by atoms with Gasteiger partial charge in [-0.3, -0.25) is 9.69 Å². The number of aliphatic imine (C=N–C) groups is 1. The van der Waals surface area contributed by atoms with Crippen LogP contribution in [-0.2, 0) is 14.3 Å². The monoisotopic (exact) mass is 422 g/mol. The zero-order chi connectivity index (χ0) is 18.1. The molecule has 25 heavy (non-hydrogen) atoms. The highest BCUT2D eigenvalue weighted by atomic mass is 79.9. The fraction of sp³-hybridized carbons (Fsp3) is 0.389. The Morgan fingerprint density at radius 1 is 1.44 bits per heavy atom. The number of thioether (sulfide) groups is 1. The van der Waals surface area contributed by atoms with Crippen LogP contribution < -0.4 is 0 Å². The molecule has 2 aliphatic rings. The summed E-state index contributed by atoms with van der Waals surface area (Å²) in [6.07, 6.45) is 0.187. The van der Waals surface area contributed by atoms with Crippen molar-refractivity contribution in [3.63, 3.8) is 0 Å². The number of esters is 1. The normalized spacial score (nSPS) is 20.5. The SMILES string of the molecule is CC1=C(C(=O)OC(C)C)[C@H](c2cccc(Br)c2)N2C(=O)CCSC2=N1. The Kier molecular flexibility index (Phi) is 5.34. The molecule has 0 radical (unpaired) electrons. The fourth-order valence-electron chi connectivity index (χ4n) is 2.93. The molecule has 1 aromatic carbocycles. The minimum absolute atomic E-state index is 0.0233. The molecule has 1 atom stereocenters. The summed E-state index contributed by atoms with van der Waals surface area (Å²) in [6.45, 7) is 5.41. The van der Waals surface area contributed by atoms with Gasteiger partial charge in [-0.05, 0) is 38.5 Å². The lowest BCUT2D eigenvalue weighted by Crippen LogP contribution is -2.46. The topological polar surface area (TPSA) is 59.0 Å². The molecule has 5 nitrogen and oxygen atoms in total. The Morgan fingerprint density at radius 3 is 2.88 bits per heavy atom. The number of amidine groups is 1. The van der Waals surface area contributed by atoms with Gasteiger partial charge in [-0.1, -0.05) is 39.8 Å². The van der Waals surface area contributed by atoms with Crippen molar-refractivity contribution in [1.29, 1.82) is 0 Å². The summed E-state index contributed by atoms with van der Waals surface area (Å²) in [5.74, 6) is 0.256. The van der Waals surface area contributed by atoms with E-state index < -0.39 is 12.0 Å². The molecule has 1 amide bonds. The van der Waals surface area contributed by atoms with E-state index in [0.29, 0.717) is 28.6 Å². The minimum atomic E-state index is -0.517. The van der Waals surface area contributed by atoms with Gasteiger partial charge in [0.1, 0.15) is 0 Å². The Morgan fingerprint density at radius 2 is 2.20 bits per heavy atom. The smallest absolute Gasteiger partial charge is 0.338 e. The van der Waals surface area contributed by atoms with E-state index in [4.69, 9.17) is 4.74 Å². The molecule has 0 aliphatic carbocycles. The highest BCUT2D eigenvalue weighted by Gasteiger charge is 2.41. The fourth-order valence-corrected chi connectivity index (χ4v) is 4.35. The molecule has 3 rings (SSSR count). The van der Waals surface area contributed by atoms with Crippen LogP contribution in [0.4, 0.5) is 0 Å². The van der Waals surface area contributed by atoms with Gasteiger partial charge in [0.05, 0.1) is 23.4 Å². The molecule has 1 saturated heterocycles. The maximum absolute atomic E-state index is 12.8. The number of fused-ring (bicyclic) bond motifs is 1. The Labute approximate surface area is 159 Å². The van der Waals surface area contributed by atoms with Crippen LogP contribution in [0.3, 0.4) is 0 Å². The molecule has 2 aliphatic heterocycles. The molecule has 2 heterocycles. The van der Waals surface area contributed by atoms with Crippen LogP contribution in [0.15, 0.2) is 45.0 Å². The molecule has 0 N–H and O–H groups in total. The zero-order valence-corrected chi connectivity index (χ0v) is 16.7. The van der Waals surface area contributed by atoms with Gasteiger partial charge in [0.15, 0.2) is 5.17 Å². The number of allylic oxidation sites excluding steroid dienone is 1. The molecule has 0 aromatic heterocycles. The first-order valence-corrected chi connectivity index (χ1v) is 9.87. The predicted molar refractivity (Wildman–Crippen MR) is 102 cm³/mol. The lowest BCUT2D eigenvalue weighted by Gasteiger charge is -2.39. The standard InChI is InChI=1S/C18H19BrN2O3S/c1-10(2)24-17(23)15-11(3)20-18-21(14(22)7-8-25-18)16(15)12-5-4-6-13(19)9-12/h4-6,9-10,16H,7-8H2,1-3H3/t16-/m0/s1. The summed E-state index contributed by atoms with van der Waals surface area (Å²) in [6, 6.07) is 7.14. The van der Waals surface area contributed by atoms with Gasteiger partial charge in [-0.15, -0.1) is 0 Å². The van der Waals surface area contributed by atoms with E-state index in [0.717, 1.165) is 10.0 Å². The molecule has 1 aromatic rings. The zero-order valence-electron chi connectivity index (χ0n) is 14.3. The third-order valence-electron chi connectivity index (χ3n) is 3.93. The summed E-state index contributed by atoms with van der Waals surface area (Å²) in [7, 11) is 0. The maximum Gasteiger partial charge on any atom is 0.338 e. The van der Waals surface area contributed by atoms with Gasteiger partial charge in [0, 0.05) is 16.6 Å². The van der Waals surface area contributed by atoms with Crippen LogP contribution >= 0.6 is 27.7 Å². The van der Waals surface area contributed by atoms with Crippen LogP contribution in [0, 0.1) is 0 Å². The van der Waals surface area contributed by atoms with E-state index in [9.17, 15) is 9.59 Å². The van der Waals surface area contributed by atoms with Crippen molar-refractivity contribution in [2.24, 2.45) is 4.99 Å². The lowest BCUT2D eigenvalue weighted by atomic mass is 9.94. The first kappa shape index (κ1) is 18.2. The number of halogens is 1. The maximum atomic E-state index is 12.8. The second-order valence-electron chi connectivity index (χ2n) is 6.17. The molecule has 7 heteroatoms. The summed E-state index contributed by atoms with van der Waals surface area (Å²) in [4.78, 5) is 31.6. The van der Waals surface area contributed by atoms with E-state index in [1.165, 1.54) is 0 Å². The van der Waals surface area contributed by atoms with E-state index >= 15 is 0 Å². The van der Waals surface area contributed by atoms with Crippen LogP contribution in [-0.4, -0.2) is 33.8 Å². The number of hydrogen-bond acceptors (Lipinski definition) is 5. The number of ether oxygens (including phenoxy) is 1. The number of benzene rings is 1. The lowest BCUT2D eigenvalue weighted by molar-refractivity contribution is -0.143. The van der Waals surface area contributed by atoms with Crippen molar-refractivity contribution in [3.05, 3.63) is 45.6 Å². The number of nitrogens with zero attached hydrogens (tertiary/aromatic N) is 2. The summed E-state index contributed by atoms with van der Waals surface area (Å²) >= 11 is 5.02. The molecule has 0 unspecified atom stereocenters. The Hall–Kier alpha value is -1.60. The largest absolute Gasteiger partial charge is 0.459 e. The van der Waals surface area contributed by atoms with Crippen LogP contribution in [0.2, 0.25) is 0 Å². The van der Waals surface area contributed by atoms with Crippen LogP contribution in [0.25, 0.3) is 0 Å². The minimum Gasteiger partial charge on any atom is -0.459 e. The third-order valence-corrected chi connectivity index (χ3v) is 5.38. The first-order chi connectivity index (χ1) is 11.9. The van der Waals surface area contributed by atoms with E-state index in [-0.39, 0.29) is 12.0 Å². The molecule has 1 fully saturated rings. The van der Waals surface area contributed by atoms with Crippen LogP contribution in [0.5, 0.6) is 0 Å². The summed E-state index contributed by atoms with van der Waals surface area (Å²) < 4.78 is 6.32. The number of carbonyl (C=O) groups is 2. The highest BCUT2D eigenvalue weighted by Crippen LogP contribution is 2.40. The van der Waals surface area contributed by atoms with Crippen molar-refractivity contribution in [2.75, 3.05) is 5.75 Å². The average molecular weight is 423 g/mol.